The topological polar surface area (TPSA) is 41.9 Å². The van der Waals surface area contributed by atoms with Crippen molar-refractivity contribution in [2.24, 2.45) is 5.92 Å². The molecule has 122 valence electrons. The molecule has 1 N–H and O–H groups in total. The molecule has 1 aromatic carbocycles. The first-order valence-corrected chi connectivity index (χ1v) is 8.55. The normalized spacial score (nSPS) is 19.9. The molecule has 5 heteroatoms. The van der Waals surface area contributed by atoms with Gasteiger partial charge in [0.2, 0.25) is 0 Å². The van der Waals surface area contributed by atoms with Crippen molar-refractivity contribution in [1.82, 2.24) is 4.90 Å². The molecular weight excluding hydrogens is 302 g/mol. The van der Waals surface area contributed by atoms with Gasteiger partial charge in [0, 0.05) is 19.6 Å². The maximum absolute atomic E-state index is 9.19. The van der Waals surface area contributed by atoms with E-state index in [9.17, 15) is 5.11 Å². The van der Waals surface area contributed by atoms with E-state index in [1.807, 2.05) is 6.07 Å². The number of halogens is 1. The maximum atomic E-state index is 9.19. The van der Waals surface area contributed by atoms with E-state index in [1.54, 1.807) is 0 Å². The summed E-state index contributed by atoms with van der Waals surface area (Å²) < 4.78 is 11.4. The van der Waals surface area contributed by atoms with E-state index in [0.29, 0.717) is 36.5 Å². The molecule has 3 rings (SSSR count). The Morgan fingerprint density at radius 3 is 2.73 bits per heavy atom. The quantitative estimate of drug-likeness (QED) is 0.924. The first kappa shape index (κ1) is 15.9. The number of hydrogen-bond acceptors (Lipinski definition) is 4. The van der Waals surface area contributed by atoms with Gasteiger partial charge in [-0.3, -0.25) is 0 Å². The maximum Gasteiger partial charge on any atom is 0.179 e. The smallest absolute Gasteiger partial charge is 0.179 e. The second-order valence-electron chi connectivity index (χ2n) is 6.17. The van der Waals surface area contributed by atoms with Crippen molar-refractivity contribution in [1.29, 1.82) is 0 Å². The molecule has 2 heterocycles. The third-order valence-electron chi connectivity index (χ3n) is 4.54. The van der Waals surface area contributed by atoms with Crippen molar-refractivity contribution >= 4 is 11.6 Å². The zero-order valence-electron chi connectivity index (χ0n) is 12.9. The lowest BCUT2D eigenvalue weighted by atomic mass is 9.97. The number of aliphatic hydroxyl groups excluding tert-OH is 1. The molecule has 2 aliphatic heterocycles. The van der Waals surface area contributed by atoms with E-state index in [0.717, 1.165) is 51.1 Å². The average molecular weight is 326 g/mol. The highest BCUT2D eigenvalue weighted by Crippen LogP contribution is 2.38. The third kappa shape index (κ3) is 3.86. The first-order valence-electron chi connectivity index (χ1n) is 8.17. The van der Waals surface area contributed by atoms with E-state index in [1.165, 1.54) is 5.56 Å². The Balaban J connectivity index is 1.59. The predicted octanol–water partition coefficient (Wildman–Crippen LogP) is 2.75. The standard InChI is InChI=1S/C17H24ClNO3/c18-15-10-14(11-16-17(15)22-9-1-8-21-16)4-7-19-5-2-13(12-20)3-6-19/h10-11,13,20H,1-9,12H2. The fraction of sp³-hybridized carbons (Fsp3) is 0.647. The number of aliphatic hydroxyl groups is 1. The Morgan fingerprint density at radius 1 is 1.18 bits per heavy atom. The van der Waals surface area contributed by atoms with Crippen molar-refractivity contribution in [3.05, 3.63) is 22.7 Å². The van der Waals surface area contributed by atoms with Gasteiger partial charge in [0.15, 0.2) is 11.5 Å². The number of rotatable bonds is 4. The number of ether oxygens (including phenoxy) is 2. The summed E-state index contributed by atoms with van der Waals surface area (Å²) in [6.07, 6.45) is 4.04. The molecule has 0 bridgehead atoms. The third-order valence-corrected chi connectivity index (χ3v) is 4.82. The van der Waals surface area contributed by atoms with E-state index >= 15 is 0 Å². The molecule has 22 heavy (non-hydrogen) atoms. The predicted molar refractivity (Wildman–Crippen MR) is 87.0 cm³/mol. The van der Waals surface area contributed by atoms with Crippen molar-refractivity contribution in [3.8, 4) is 11.5 Å². The van der Waals surface area contributed by atoms with Gasteiger partial charge in [-0.05, 0) is 56.0 Å². The molecule has 0 amide bonds. The molecule has 0 aliphatic carbocycles. The molecule has 0 atom stereocenters. The molecular formula is C17H24ClNO3. The van der Waals surface area contributed by atoms with E-state index < -0.39 is 0 Å². The Hall–Kier alpha value is -0.970. The van der Waals surface area contributed by atoms with Gasteiger partial charge in [0.1, 0.15) is 0 Å². The van der Waals surface area contributed by atoms with Crippen LogP contribution >= 0.6 is 11.6 Å². The molecule has 0 spiro atoms. The lowest BCUT2D eigenvalue weighted by Crippen LogP contribution is -2.36. The molecule has 0 radical (unpaired) electrons. The van der Waals surface area contributed by atoms with Crippen LogP contribution in [0.4, 0.5) is 0 Å². The number of likely N-dealkylation sites (tertiary alicyclic amines) is 1. The largest absolute Gasteiger partial charge is 0.489 e. The summed E-state index contributed by atoms with van der Waals surface area (Å²) in [5.41, 5.74) is 1.19. The summed E-state index contributed by atoms with van der Waals surface area (Å²) in [6.45, 7) is 4.83. The van der Waals surface area contributed by atoms with Crippen LogP contribution in [0.15, 0.2) is 12.1 Å². The second kappa shape index (κ2) is 7.53. The first-order chi connectivity index (χ1) is 10.8. The van der Waals surface area contributed by atoms with Crippen LogP contribution in [0.1, 0.15) is 24.8 Å². The minimum Gasteiger partial charge on any atom is -0.489 e. The van der Waals surface area contributed by atoms with Gasteiger partial charge >= 0.3 is 0 Å². The minimum atomic E-state index is 0.325. The fourth-order valence-electron chi connectivity index (χ4n) is 3.11. The van der Waals surface area contributed by atoms with Gasteiger partial charge in [-0.15, -0.1) is 0 Å². The molecule has 4 nitrogen and oxygen atoms in total. The van der Waals surface area contributed by atoms with Crippen LogP contribution in [0.2, 0.25) is 5.02 Å². The molecule has 0 aromatic heterocycles. The zero-order valence-corrected chi connectivity index (χ0v) is 13.6. The second-order valence-corrected chi connectivity index (χ2v) is 6.58. The zero-order chi connectivity index (χ0) is 15.4. The van der Waals surface area contributed by atoms with Crippen LogP contribution in [0.5, 0.6) is 11.5 Å². The van der Waals surface area contributed by atoms with Gasteiger partial charge in [-0.25, -0.2) is 0 Å². The van der Waals surface area contributed by atoms with Crippen molar-refractivity contribution < 1.29 is 14.6 Å². The van der Waals surface area contributed by atoms with Gasteiger partial charge in [0.05, 0.1) is 18.2 Å². The van der Waals surface area contributed by atoms with Gasteiger partial charge in [-0.1, -0.05) is 11.6 Å². The molecule has 1 aromatic rings. The average Bonchev–Trinajstić information content (AvgIpc) is 2.79. The Labute approximate surface area is 137 Å². The molecule has 0 saturated carbocycles. The molecule has 2 aliphatic rings. The van der Waals surface area contributed by atoms with Crippen LogP contribution in [0.3, 0.4) is 0 Å². The van der Waals surface area contributed by atoms with Crippen LogP contribution in [0, 0.1) is 5.92 Å². The Bertz CT molecular complexity index is 501. The molecule has 1 saturated heterocycles. The van der Waals surface area contributed by atoms with Gasteiger partial charge < -0.3 is 19.5 Å². The minimum absolute atomic E-state index is 0.325. The number of piperidine rings is 1. The van der Waals surface area contributed by atoms with Crippen LogP contribution < -0.4 is 9.47 Å². The lowest BCUT2D eigenvalue weighted by Gasteiger charge is -2.31. The van der Waals surface area contributed by atoms with Crippen molar-refractivity contribution in [3.63, 3.8) is 0 Å². The summed E-state index contributed by atoms with van der Waals surface area (Å²) in [4.78, 5) is 2.46. The van der Waals surface area contributed by atoms with E-state index in [-0.39, 0.29) is 0 Å². The monoisotopic (exact) mass is 325 g/mol. The highest BCUT2D eigenvalue weighted by molar-refractivity contribution is 6.32. The van der Waals surface area contributed by atoms with E-state index in [4.69, 9.17) is 21.1 Å². The van der Waals surface area contributed by atoms with Crippen LogP contribution in [-0.4, -0.2) is 49.5 Å². The summed E-state index contributed by atoms with van der Waals surface area (Å²) in [5.74, 6) is 1.95. The molecule has 1 fully saturated rings. The highest BCUT2D eigenvalue weighted by atomic mass is 35.5. The summed E-state index contributed by atoms with van der Waals surface area (Å²) in [6, 6.07) is 4.06. The number of benzene rings is 1. The summed E-state index contributed by atoms with van der Waals surface area (Å²) >= 11 is 6.33. The number of fused-ring (bicyclic) bond motifs is 1. The van der Waals surface area contributed by atoms with Gasteiger partial charge in [-0.2, -0.15) is 0 Å². The highest BCUT2D eigenvalue weighted by Gasteiger charge is 2.19. The SMILES string of the molecule is OCC1CCN(CCc2cc(Cl)c3c(c2)OCCCO3)CC1. The molecule has 0 unspecified atom stereocenters. The lowest BCUT2D eigenvalue weighted by molar-refractivity contribution is 0.132. The van der Waals surface area contributed by atoms with Crippen molar-refractivity contribution in [2.75, 3.05) is 39.5 Å². The number of hydrogen-bond donors (Lipinski definition) is 1. The summed E-state index contributed by atoms with van der Waals surface area (Å²) in [7, 11) is 0. The fourth-order valence-corrected chi connectivity index (χ4v) is 3.40. The van der Waals surface area contributed by atoms with Gasteiger partial charge in [0.25, 0.3) is 0 Å². The van der Waals surface area contributed by atoms with Crippen LogP contribution in [0.25, 0.3) is 0 Å². The summed E-state index contributed by atoms with van der Waals surface area (Å²) in [5, 5.41) is 9.84. The van der Waals surface area contributed by atoms with Crippen LogP contribution in [-0.2, 0) is 6.42 Å². The van der Waals surface area contributed by atoms with E-state index in [2.05, 4.69) is 11.0 Å². The van der Waals surface area contributed by atoms with Crippen molar-refractivity contribution in [2.45, 2.75) is 25.7 Å². The number of nitrogens with zero attached hydrogens (tertiary/aromatic N) is 1. The Kier molecular flexibility index (Phi) is 5.45. The Morgan fingerprint density at radius 2 is 1.95 bits per heavy atom.